The van der Waals surface area contributed by atoms with E-state index in [4.69, 9.17) is 0 Å². The minimum Gasteiger partial charge on any atom is -0.481 e. The molecular formula is C21H24N2O3. The summed E-state index contributed by atoms with van der Waals surface area (Å²) in [5.74, 6) is -0.670. The summed E-state index contributed by atoms with van der Waals surface area (Å²) in [6.07, 6.45) is 6.10. The lowest BCUT2D eigenvalue weighted by atomic mass is 9.73. The van der Waals surface area contributed by atoms with Crippen LogP contribution in [0.1, 0.15) is 30.4 Å². The van der Waals surface area contributed by atoms with Crippen LogP contribution in [0.4, 0.5) is 0 Å². The summed E-state index contributed by atoms with van der Waals surface area (Å²) in [6.45, 7) is 1.01. The highest BCUT2D eigenvalue weighted by Crippen LogP contribution is 2.35. The monoisotopic (exact) mass is 352 g/mol. The zero-order valence-corrected chi connectivity index (χ0v) is 14.8. The molecule has 0 saturated carbocycles. The summed E-state index contributed by atoms with van der Waals surface area (Å²) < 4.78 is 0. The molecule has 3 rings (SSSR count). The molecule has 0 bridgehead atoms. The number of amides is 1. The van der Waals surface area contributed by atoms with E-state index in [2.05, 4.69) is 4.98 Å². The maximum Gasteiger partial charge on any atom is 0.310 e. The van der Waals surface area contributed by atoms with Crippen LogP contribution in [0.5, 0.6) is 0 Å². The van der Waals surface area contributed by atoms with Crippen molar-refractivity contribution in [1.82, 2.24) is 9.88 Å². The molecule has 2 aromatic rings. The normalized spacial score (nSPS) is 16.2. The number of hydrogen-bond acceptors (Lipinski definition) is 3. The molecule has 5 nitrogen and oxygen atoms in total. The van der Waals surface area contributed by atoms with Gasteiger partial charge < -0.3 is 10.0 Å². The molecule has 0 unspecified atom stereocenters. The maximum absolute atomic E-state index is 12.5. The molecule has 5 heteroatoms. The average molecular weight is 352 g/mol. The minimum absolute atomic E-state index is 0.0903. The number of rotatable bonds is 6. The molecule has 0 radical (unpaired) electrons. The standard InChI is InChI=1S/C21H24N2O3/c24-19(9-8-18-7-4-12-22-16-18)23-13-10-21(11-14-23,20(25)26)15-17-5-2-1-3-6-17/h1-7,12,16H,8-11,13-15H2,(H,25,26). The second kappa shape index (κ2) is 8.13. The molecule has 1 N–H and O–H groups in total. The molecule has 1 fully saturated rings. The number of aryl methyl sites for hydroxylation is 1. The van der Waals surface area contributed by atoms with E-state index in [1.165, 1.54) is 0 Å². The predicted molar refractivity (Wildman–Crippen MR) is 98.6 cm³/mol. The van der Waals surface area contributed by atoms with Gasteiger partial charge in [-0.3, -0.25) is 14.6 Å². The van der Waals surface area contributed by atoms with Crippen LogP contribution in [-0.2, 0) is 22.4 Å². The van der Waals surface area contributed by atoms with Gasteiger partial charge >= 0.3 is 5.97 Å². The zero-order chi connectivity index (χ0) is 18.4. The number of aliphatic carboxylic acids is 1. The number of benzene rings is 1. The Balaban J connectivity index is 1.57. The second-order valence-electron chi connectivity index (χ2n) is 6.99. The van der Waals surface area contributed by atoms with Gasteiger partial charge in [0.25, 0.3) is 0 Å². The number of carboxylic acid groups (broad SMARTS) is 1. The summed E-state index contributed by atoms with van der Waals surface area (Å²) in [4.78, 5) is 30.3. The van der Waals surface area contributed by atoms with E-state index in [0.29, 0.717) is 45.2 Å². The van der Waals surface area contributed by atoms with Gasteiger partial charge in [-0.15, -0.1) is 0 Å². The lowest BCUT2D eigenvalue weighted by molar-refractivity contribution is -0.154. The Bertz CT molecular complexity index is 738. The molecular weight excluding hydrogens is 328 g/mol. The van der Waals surface area contributed by atoms with Crippen LogP contribution in [0, 0.1) is 5.41 Å². The largest absolute Gasteiger partial charge is 0.481 e. The van der Waals surface area contributed by atoms with Crippen molar-refractivity contribution in [1.29, 1.82) is 0 Å². The summed E-state index contributed by atoms with van der Waals surface area (Å²) in [5, 5.41) is 9.82. The summed E-state index contributed by atoms with van der Waals surface area (Å²) >= 11 is 0. The third kappa shape index (κ3) is 4.28. The topological polar surface area (TPSA) is 70.5 Å². The van der Waals surface area contributed by atoms with Crippen LogP contribution >= 0.6 is 0 Å². The van der Waals surface area contributed by atoms with Crippen molar-refractivity contribution < 1.29 is 14.7 Å². The number of carbonyl (C=O) groups is 2. The summed E-state index contributed by atoms with van der Waals surface area (Å²) in [7, 11) is 0. The number of nitrogens with zero attached hydrogens (tertiary/aromatic N) is 2. The number of pyridine rings is 1. The van der Waals surface area contributed by atoms with Gasteiger partial charge in [0.05, 0.1) is 5.41 Å². The fourth-order valence-corrected chi connectivity index (χ4v) is 3.59. The molecule has 1 aliphatic heterocycles. The second-order valence-corrected chi connectivity index (χ2v) is 6.99. The lowest BCUT2D eigenvalue weighted by Crippen LogP contribution is -2.47. The summed E-state index contributed by atoms with van der Waals surface area (Å²) in [6, 6.07) is 13.6. The van der Waals surface area contributed by atoms with Gasteiger partial charge in [0.15, 0.2) is 0 Å². The Labute approximate surface area is 153 Å². The van der Waals surface area contributed by atoms with Gasteiger partial charge in [-0.05, 0) is 42.9 Å². The molecule has 1 saturated heterocycles. The summed E-state index contributed by atoms with van der Waals surface area (Å²) in [5.41, 5.74) is 1.30. The van der Waals surface area contributed by atoms with Crippen molar-refractivity contribution in [2.75, 3.05) is 13.1 Å². The highest BCUT2D eigenvalue weighted by atomic mass is 16.4. The molecule has 0 spiro atoms. The fourth-order valence-electron chi connectivity index (χ4n) is 3.59. The Morgan fingerprint density at radius 2 is 1.73 bits per heavy atom. The maximum atomic E-state index is 12.5. The van der Waals surface area contributed by atoms with Gasteiger partial charge in [0.1, 0.15) is 0 Å². The van der Waals surface area contributed by atoms with Crippen LogP contribution in [0.3, 0.4) is 0 Å². The highest BCUT2D eigenvalue weighted by molar-refractivity contribution is 5.78. The quantitative estimate of drug-likeness (QED) is 0.868. The van der Waals surface area contributed by atoms with Crippen LogP contribution < -0.4 is 0 Å². The van der Waals surface area contributed by atoms with Gasteiger partial charge in [-0.1, -0.05) is 36.4 Å². The molecule has 26 heavy (non-hydrogen) atoms. The van der Waals surface area contributed by atoms with Crippen LogP contribution in [0.15, 0.2) is 54.9 Å². The smallest absolute Gasteiger partial charge is 0.310 e. The number of piperidine rings is 1. The van der Waals surface area contributed by atoms with Crippen molar-refractivity contribution in [2.45, 2.75) is 32.1 Å². The molecule has 2 heterocycles. The van der Waals surface area contributed by atoms with Crippen molar-refractivity contribution >= 4 is 11.9 Å². The van der Waals surface area contributed by atoms with Crippen LogP contribution in [-0.4, -0.2) is 40.0 Å². The number of carboxylic acids is 1. The van der Waals surface area contributed by atoms with E-state index in [1.807, 2.05) is 47.4 Å². The van der Waals surface area contributed by atoms with Gasteiger partial charge in [-0.2, -0.15) is 0 Å². The lowest BCUT2D eigenvalue weighted by Gasteiger charge is -2.39. The number of aromatic nitrogens is 1. The number of likely N-dealkylation sites (tertiary alicyclic amines) is 1. The Kier molecular flexibility index (Phi) is 5.66. The number of carbonyl (C=O) groups excluding carboxylic acids is 1. The van der Waals surface area contributed by atoms with Gasteiger partial charge in [0.2, 0.25) is 5.91 Å². The Hall–Kier alpha value is -2.69. The van der Waals surface area contributed by atoms with E-state index < -0.39 is 11.4 Å². The number of hydrogen-bond donors (Lipinski definition) is 1. The highest BCUT2D eigenvalue weighted by Gasteiger charge is 2.42. The van der Waals surface area contributed by atoms with E-state index in [1.54, 1.807) is 12.4 Å². The average Bonchev–Trinajstić information content (AvgIpc) is 2.68. The first-order chi connectivity index (χ1) is 12.6. The molecule has 0 atom stereocenters. The Morgan fingerprint density at radius 3 is 2.35 bits per heavy atom. The van der Waals surface area contributed by atoms with Crippen LogP contribution in [0.25, 0.3) is 0 Å². The first-order valence-corrected chi connectivity index (χ1v) is 9.03. The molecule has 0 aliphatic carbocycles. The first-order valence-electron chi connectivity index (χ1n) is 9.03. The molecule has 1 aromatic carbocycles. The van der Waals surface area contributed by atoms with Gasteiger partial charge in [-0.25, -0.2) is 0 Å². The van der Waals surface area contributed by atoms with Crippen molar-refractivity contribution in [2.24, 2.45) is 5.41 Å². The third-order valence-electron chi connectivity index (χ3n) is 5.26. The molecule has 1 amide bonds. The van der Waals surface area contributed by atoms with E-state index in [-0.39, 0.29) is 5.91 Å². The van der Waals surface area contributed by atoms with E-state index in [0.717, 1.165) is 11.1 Å². The fraction of sp³-hybridized carbons (Fsp3) is 0.381. The van der Waals surface area contributed by atoms with E-state index >= 15 is 0 Å². The molecule has 1 aliphatic rings. The van der Waals surface area contributed by atoms with Crippen molar-refractivity contribution in [3.63, 3.8) is 0 Å². The van der Waals surface area contributed by atoms with Crippen molar-refractivity contribution in [3.05, 3.63) is 66.0 Å². The SMILES string of the molecule is O=C(CCc1cccnc1)N1CCC(Cc2ccccc2)(C(=O)O)CC1. The first kappa shape index (κ1) is 18.1. The van der Waals surface area contributed by atoms with Gasteiger partial charge in [0, 0.05) is 31.9 Å². The molecule has 1 aromatic heterocycles. The minimum atomic E-state index is -0.776. The van der Waals surface area contributed by atoms with E-state index in [9.17, 15) is 14.7 Å². The van der Waals surface area contributed by atoms with Crippen molar-refractivity contribution in [3.8, 4) is 0 Å². The molecule has 136 valence electrons. The van der Waals surface area contributed by atoms with Crippen LogP contribution in [0.2, 0.25) is 0 Å². The Morgan fingerprint density at radius 1 is 1.04 bits per heavy atom. The predicted octanol–water partition coefficient (Wildman–Crippen LogP) is 2.95. The zero-order valence-electron chi connectivity index (χ0n) is 14.8. The third-order valence-corrected chi connectivity index (χ3v) is 5.26.